The highest BCUT2D eigenvalue weighted by Crippen LogP contribution is 2.42. The monoisotopic (exact) mass is 345 g/mol. The fourth-order valence-corrected chi connectivity index (χ4v) is 4.57. The second-order valence-corrected chi connectivity index (χ2v) is 9.25. The molecule has 1 fully saturated rings. The fraction of sp³-hybridized carbons (Fsp3) is 0.667. The van der Waals surface area contributed by atoms with E-state index in [1.807, 2.05) is 12.1 Å². The zero-order chi connectivity index (χ0) is 18.2. The third-order valence-electron chi connectivity index (χ3n) is 5.17. The Balaban J connectivity index is 1.56. The maximum absolute atomic E-state index is 12.4. The van der Waals surface area contributed by atoms with Gasteiger partial charge in [-0.25, -0.2) is 0 Å². The van der Waals surface area contributed by atoms with Crippen molar-refractivity contribution in [3.63, 3.8) is 0 Å². The summed E-state index contributed by atoms with van der Waals surface area (Å²) in [5, 5.41) is 3.15. The van der Waals surface area contributed by atoms with E-state index in [1.165, 1.54) is 6.42 Å². The van der Waals surface area contributed by atoms with Gasteiger partial charge in [0.05, 0.1) is 0 Å². The number of hydrogen-bond donors (Lipinski definition) is 1. The van der Waals surface area contributed by atoms with Crippen LogP contribution in [0.1, 0.15) is 59.4 Å². The van der Waals surface area contributed by atoms with Crippen LogP contribution in [-0.2, 0) is 11.2 Å². The first-order valence-electron chi connectivity index (χ1n) is 9.37. The molecule has 2 aliphatic rings. The molecule has 3 rings (SSSR count). The lowest BCUT2D eigenvalue weighted by atomic mass is 9.70. The van der Waals surface area contributed by atoms with E-state index in [9.17, 15) is 4.79 Å². The van der Waals surface area contributed by atoms with Gasteiger partial charge in [0, 0.05) is 18.0 Å². The summed E-state index contributed by atoms with van der Waals surface area (Å²) in [7, 11) is 0. The second kappa shape index (κ2) is 6.54. The van der Waals surface area contributed by atoms with Crippen molar-refractivity contribution in [3.8, 4) is 11.5 Å². The van der Waals surface area contributed by atoms with Gasteiger partial charge in [-0.1, -0.05) is 32.9 Å². The third-order valence-corrected chi connectivity index (χ3v) is 5.17. The van der Waals surface area contributed by atoms with Crippen molar-refractivity contribution in [1.82, 2.24) is 5.32 Å². The van der Waals surface area contributed by atoms with Gasteiger partial charge in [0.1, 0.15) is 5.60 Å². The number of hydrogen-bond acceptors (Lipinski definition) is 3. The van der Waals surface area contributed by atoms with Crippen LogP contribution in [0.3, 0.4) is 0 Å². The molecule has 138 valence electrons. The van der Waals surface area contributed by atoms with Gasteiger partial charge in [0.25, 0.3) is 5.91 Å². The van der Waals surface area contributed by atoms with Gasteiger partial charge in [0.15, 0.2) is 18.1 Å². The SMILES string of the molecule is C[C@@H]1C[C@@H](NC(=O)COc2cccc3c2OC(C)(C)C3)CC(C)(C)C1. The average molecular weight is 345 g/mol. The fourth-order valence-electron chi connectivity index (χ4n) is 4.57. The van der Waals surface area contributed by atoms with Gasteiger partial charge < -0.3 is 14.8 Å². The average Bonchev–Trinajstić information content (AvgIpc) is 2.77. The zero-order valence-corrected chi connectivity index (χ0v) is 16.1. The Hall–Kier alpha value is -1.71. The number of nitrogens with one attached hydrogen (secondary N) is 1. The van der Waals surface area contributed by atoms with Crippen LogP contribution in [0.5, 0.6) is 11.5 Å². The molecule has 25 heavy (non-hydrogen) atoms. The lowest BCUT2D eigenvalue weighted by Crippen LogP contribution is -2.44. The van der Waals surface area contributed by atoms with E-state index in [4.69, 9.17) is 9.47 Å². The molecular formula is C21H31NO3. The topological polar surface area (TPSA) is 47.6 Å². The van der Waals surface area contributed by atoms with Gasteiger partial charge in [0.2, 0.25) is 0 Å². The number of amides is 1. The van der Waals surface area contributed by atoms with Crippen molar-refractivity contribution in [1.29, 1.82) is 0 Å². The maximum Gasteiger partial charge on any atom is 0.258 e. The highest BCUT2D eigenvalue weighted by atomic mass is 16.5. The van der Waals surface area contributed by atoms with Crippen LogP contribution in [0.15, 0.2) is 18.2 Å². The molecular weight excluding hydrogens is 314 g/mol. The molecule has 0 unspecified atom stereocenters. The molecule has 1 aromatic carbocycles. The Bertz CT molecular complexity index is 651. The highest BCUT2D eigenvalue weighted by Gasteiger charge is 2.34. The molecule has 1 amide bonds. The van der Waals surface area contributed by atoms with Crippen LogP contribution in [0.2, 0.25) is 0 Å². The zero-order valence-electron chi connectivity index (χ0n) is 16.1. The normalized spacial score (nSPS) is 26.4. The molecule has 1 aromatic rings. The Labute approximate surface area is 151 Å². The van der Waals surface area contributed by atoms with Crippen molar-refractivity contribution in [2.45, 2.75) is 71.9 Å². The van der Waals surface area contributed by atoms with Gasteiger partial charge in [-0.2, -0.15) is 0 Å². The number of carbonyl (C=O) groups excluding carboxylic acids is 1. The largest absolute Gasteiger partial charge is 0.483 e. The summed E-state index contributed by atoms with van der Waals surface area (Å²) in [5.74, 6) is 2.04. The summed E-state index contributed by atoms with van der Waals surface area (Å²) < 4.78 is 11.8. The second-order valence-electron chi connectivity index (χ2n) is 9.25. The molecule has 4 nitrogen and oxygen atoms in total. The molecule has 1 aliphatic heterocycles. The molecule has 0 aromatic heterocycles. The minimum atomic E-state index is -0.214. The van der Waals surface area contributed by atoms with Crippen molar-refractivity contribution in [2.75, 3.05) is 6.61 Å². The third kappa shape index (κ3) is 4.47. The van der Waals surface area contributed by atoms with Crippen LogP contribution in [-0.4, -0.2) is 24.2 Å². The van der Waals surface area contributed by atoms with Gasteiger partial charge in [-0.15, -0.1) is 0 Å². The molecule has 1 heterocycles. The Morgan fingerprint density at radius 2 is 2.04 bits per heavy atom. The van der Waals surface area contributed by atoms with Gasteiger partial charge in [-0.05, 0) is 50.5 Å². The lowest BCUT2D eigenvalue weighted by molar-refractivity contribution is -0.124. The molecule has 0 radical (unpaired) electrons. The molecule has 0 saturated heterocycles. The predicted molar refractivity (Wildman–Crippen MR) is 99.1 cm³/mol. The van der Waals surface area contributed by atoms with E-state index in [0.29, 0.717) is 11.7 Å². The van der Waals surface area contributed by atoms with Crippen molar-refractivity contribution in [3.05, 3.63) is 23.8 Å². The van der Waals surface area contributed by atoms with Crippen LogP contribution < -0.4 is 14.8 Å². The molecule has 1 N–H and O–H groups in total. The maximum atomic E-state index is 12.4. The van der Waals surface area contributed by atoms with E-state index in [0.717, 1.165) is 30.6 Å². The van der Waals surface area contributed by atoms with Crippen LogP contribution in [0.25, 0.3) is 0 Å². The van der Waals surface area contributed by atoms with Crippen molar-refractivity contribution in [2.24, 2.45) is 11.3 Å². The van der Waals surface area contributed by atoms with Gasteiger partial charge >= 0.3 is 0 Å². The first-order chi connectivity index (χ1) is 11.6. The number of benzene rings is 1. The van der Waals surface area contributed by atoms with Crippen molar-refractivity contribution >= 4 is 5.91 Å². The quantitative estimate of drug-likeness (QED) is 0.893. The number of carbonyl (C=O) groups is 1. The highest BCUT2D eigenvalue weighted by molar-refractivity contribution is 5.78. The summed E-state index contributed by atoms with van der Waals surface area (Å²) in [6, 6.07) is 6.13. The standard InChI is InChI=1S/C21H31NO3/c1-14-9-16(12-20(2,3)10-14)22-18(23)13-24-17-8-6-7-15-11-21(4,5)25-19(15)17/h6-8,14,16H,9-13H2,1-5H3,(H,22,23)/t14-,16-/m1/s1. The van der Waals surface area contributed by atoms with Crippen LogP contribution in [0.4, 0.5) is 0 Å². The molecule has 2 atom stereocenters. The molecule has 1 saturated carbocycles. The summed E-state index contributed by atoms with van der Waals surface area (Å²) in [6.45, 7) is 11.0. The minimum Gasteiger partial charge on any atom is -0.483 e. The summed E-state index contributed by atoms with van der Waals surface area (Å²) in [4.78, 5) is 12.4. The van der Waals surface area contributed by atoms with E-state index in [1.54, 1.807) is 0 Å². The first-order valence-corrected chi connectivity index (χ1v) is 9.37. The minimum absolute atomic E-state index is 0.0333. The van der Waals surface area contributed by atoms with Gasteiger partial charge in [-0.3, -0.25) is 4.79 Å². The number of para-hydroxylation sites is 1. The van der Waals surface area contributed by atoms with E-state index < -0.39 is 0 Å². The lowest BCUT2D eigenvalue weighted by Gasteiger charge is -2.39. The predicted octanol–water partition coefficient (Wildman–Crippen LogP) is 4.11. The molecule has 1 aliphatic carbocycles. The van der Waals surface area contributed by atoms with E-state index in [-0.39, 0.29) is 29.6 Å². The smallest absolute Gasteiger partial charge is 0.258 e. The van der Waals surface area contributed by atoms with Crippen molar-refractivity contribution < 1.29 is 14.3 Å². The first kappa shape index (κ1) is 18.1. The summed E-state index contributed by atoms with van der Waals surface area (Å²) >= 11 is 0. The van der Waals surface area contributed by atoms with E-state index >= 15 is 0 Å². The summed E-state index contributed by atoms with van der Waals surface area (Å²) in [5.41, 5.74) is 1.22. The summed E-state index contributed by atoms with van der Waals surface area (Å²) in [6.07, 6.45) is 4.16. The Kier molecular flexibility index (Phi) is 4.74. The molecule has 4 heteroatoms. The number of fused-ring (bicyclic) bond motifs is 1. The van der Waals surface area contributed by atoms with Crippen LogP contribution in [0, 0.1) is 11.3 Å². The number of rotatable bonds is 4. The van der Waals surface area contributed by atoms with Crippen LogP contribution >= 0.6 is 0 Å². The Morgan fingerprint density at radius 1 is 1.28 bits per heavy atom. The molecule has 0 bridgehead atoms. The molecule has 0 spiro atoms. The number of ether oxygens (including phenoxy) is 2. The van der Waals surface area contributed by atoms with E-state index in [2.05, 4.69) is 46.0 Å². The Morgan fingerprint density at radius 3 is 2.76 bits per heavy atom.